The molecule has 160 valence electrons. The molecular weight excluding hydrogens is 386 g/mol. The van der Waals surface area contributed by atoms with E-state index in [1.165, 1.54) is 0 Å². The number of amides is 3. The van der Waals surface area contributed by atoms with Gasteiger partial charge in [-0.05, 0) is 48.9 Å². The van der Waals surface area contributed by atoms with Gasteiger partial charge in [0, 0.05) is 25.2 Å². The first-order valence-electron chi connectivity index (χ1n) is 9.82. The molecular formula is C22H27N3O5. The molecule has 1 aliphatic rings. The molecule has 1 unspecified atom stereocenters. The minimum absolute atomic E-state index is 0.0259. The standard InChI is InChI=1S/C22H27N3O5/c1-4-30-20-11-15(5-10-19(20)29-3)13-23-22(27)24-16-12-21(26)25(14-16)17-6-8-18(28-2)9-7-17/h5-11,16H,4,12-14H2,1-3H3,(H2,23,24,27). The van der Waals surface area contributed by atoms with Gasteiger partial charge in [0.2, 0.25) is 5.91 Å². The van der Waals surface area contributed by atoms with E-state index < -0.39 is 0 Å². The molecule has 2 aromatic rings. The van der Waals surface area contributed by atoms with Crippen LogP contribution in [-0.4, -0.2) is 45.4 Å². The van der Waals surface area contributed by atoms with Gasteiger partial charge in [-0.25, -0.2) is 4.79 Å². The first kappa shape index (κ1) is 21.3. The van der Waals surface area contributed by atoms with E-state index in [0.29, 0.717) is 31.2 Å². The molecule has 2 N–H and O–H groups in total. The number of rotatable bonds is 8. The summed E-state index contributed by atoms with van der Waals surface area (Å²) < 4.78 is 16.0. The van der Waals surface area contributed by atoms with E-state index >= 15 is 0 Å². The van der Waals surface area contributed by atoms with E-state index in [-0.39, 0.29) is 24.4 Å². The minimum atomic E-state index is -0.321. The van der Waals surface area contributed by atoms with E-state index in [2.05, 4.69) is 10.6 Å². The number of hydrogen-bond donors (Lipinski definition) is 2. The lowest BCUT2D eigenvalue weighted by atomic mass is 10.2. The van der Waals surface area contributed by atoms with Crippen LogP contribution < -0.4 is 29.7 Å². The van der Waals surface area contributed by atoms with Gasteiger partial charge >= 0.3 is 6.03 Å². The smallest absolute Gasteiger partial charge is 0.315 e. The van der Waals surface area contributed by atoms with Gasteiger partial charge in [-0.15, -0.1) is 0 Å². The van der Waals surface area contributed by atoms with Crippen molar-refractivity contribution in [2.75, 3.05) is 32.3 Å². The van der Waals surface area contributed by atoms with Gasteiger partial charge in [0.25, 0.3) is 0 Å². The minimum Gasteiger partial charge on any atom is -0.497 e. The van der Waals surface area contributed by atoms with Crippen LogP contribution in [0.25, 0.3) is 0 Å². The van der Waals surface area contributed by atoms with Gasteiger partial charge in [-0.2, -0.15) is 0 Å². The summed E-state index contributed by atoms with van der Waals surface area (Å²) in [7, 11) is 3.18. The van der Waals surface area contributed by atoms with Crippen molar-refractivity contribution < 1.29 is 23.8 Å². The molecule has 8 heteroatoms. The topological polar surface area (TPSA) is 89.1 Å². The number of benzene rings is 2. The second kappa shape index (κ2) is 9.87. The van der Waals surface area contributed by atoms with Crippen LogP contribution in [0.15, 0.2) is 42.5 Å². The van der Waals surface area contributed by atoms with Crippen molar-refractivity contribution in [3.05, 3.63) is 48.0 Å². The summed E-state index contributed by atoms with van der Waals surface area (Å²) in [5.41, 5.74) is 1.67. The first-order valence-corrected chi connectivity index (χ1v) is 9.82. The van der Waals surface area contributed by atoms with Crippen molar-refractivity contribution in [3.63, 3.8) is 0 Å². The molecule has 0 aromatic heterocycles. The van der Waals surface area contributed by atoms with E-state index in [9.17, 15) is 9.59 Å². The average molecular weight is 413 g/mol. The molecule has 0 bridgehead atoms. The van der Waals surface area contributed by atoms with Gasteiger partial charge in [0.1, 0.15) is 5.75 Å². The maximum atomic E-state index is 12.4. The summed E-state index contributed by atoms with van der Waals surface area (Å²) in [6.07, 6.45) is 0.260. The highest BCUT2D eigenvalue weighted by atomic mass is 16.5. The first-order chi connectivity index (χ1) is 14.5. The SMILES string of the molecule is CCOc1cc(CNC(=O)NC2CC(=O)N(c3ccc(OC)cc3)C2)ccc1OC. The van der Waals surface area contributed by atoms with E-state index in [1.807, 2.05) is 37.3 Å². The monoisotopic (exact) mass is 413 g/mol. The lowest BCUT2D eigenvalue weighted by Gasteiger charge is -2.18. The second-order valence-electron chi connectivity index (χ2n) is 6.85. The largest absolute Gasteiger partial charge is 0.497 e. The summed E-state index contributed by atoms with van der Waals surface area (Å²) in [4.78, 5) is 26.3. The predicted molar refractivity (Wildman–Crippen MR) is 113 cm³/mol. The molecule has 1 fully saturated rings. The Labute approximate surface area is 176 Å². The van der Waals surface area contributed by atoms with Gasteiger partial charge in [-0.3, -0.25) is 4.79 Å². The third kappa shape index (κ3) is 5.14. The van der Waals surface area contributed by atoms with Crippen LogP contribution in [0.2, 0.25) is 0 Å². The summed E-state index contributed by atoms with van der Waals surface area (Å²) in [6.45, 7) is 3.18. The molecule has 0 saturated carbocycles. The summed E-state index contributed by atoms with van der Waals surface area (Å²) in [6, 6.07) is 12.2. The van der Waals surface area contributed by atoms with Crippen LogP contribution in [0.4, 0.5) is 10.5 Å². The normalized spacial score (nSPS) is 15.6. The Morgan fingerprint density at radius 3 is 2.53 bits per heavy atom. The Bertz CT molecular complexity index is 885. The van der Waals surface area contributed by atoms with Gasteiger partial charge in [0.05, 0.1) is 26.9 Å². The zero-order valence-corrected chi connectivity index (χ0v) is 17.4. The number of urea groups is 1. The highest BCUT2D eigenvalue weighted by Gasteiger charge is 2.31. The molecule has 1 heterocycles. The Morgan fingerprint density at radius 2 is 1.87 bits per heavy atom. The summed E-state index contributed by atoms with van der Waals surface area (Å²) >= 11 is 0. The fourth-order valence-electron chi connectivity index (χ4n) is 3.33. The summed E-state index contributed by atoms with van der Waals surface area (Å²) in [5, 5.41) is 5.70. The highest BCUT2D eigenvalue weighted by Crippen LogP contribution is 2.28. The molecule has 0 spiro atoms. The number of hydrogen-bond acceptors (Lipinski definition) is 5. The van der Waals surface area contributed by atoms with Crippen LogP contribution in [-0.2, 0) is 11.3 Å². The van der Waals surface area contributed by atoms with Gasteiger partial charge in [0.15, 0.2) is 11.5 Å². The second-order valence-corrected chi connectivity index (χ2v) is 6.85. The maximum Gasteiger partial charge on any atom is 0.315 e. The van der Waals surface area contributed by atoms with Crippen LogP contribution in [0.3, 0.4) is 0 Å². The Hall–Kier alpha value is -3.42. The van der Waals surface area contributed by atoms with Crippen LogP contribution in [0, 0.1) is 0 Å². The number of carbonyl (C=O) groups excluding carboxylic acids is 2. The molecule has 3 rings (SSSR count). The molecule has 0 radical (unpaired) electrons. The molecule has 2 aromatic carbocycles. The number of nitrogens with zero attached hydrogens (tertiary/aromatic N) is 1. The summed E-state index contributed by atoms with van der Waals surface area (Å²) in [5.74, 6) is 1.98. The lowest BCUT2D eigenvalue weighted by Crippen LogP contribution is -2.43. The van der Waals surface area contributed by atoms with Crippen molar-refractivity contribution in [1.82, 2.24) is 10.6 Å². The number of nitrogens with one attached hydrogen (secondary N) is 2. The number of methoxy groups -OCH3 is 2. The molecule has 30 heavy (non-hydrogen) atoms. The van der Waals surface area contributed by atoms with Crippen LogP contribution >= 0.6 is 0 Å². The quantitative estimate of drug-likeness (QED) is 0.695. The fourth-order valence-corrected chi connectivity index (χ4v) is 3.33. The third-order valence-electron chi connectivity index (χ3n) is 4.83. The van der Waals surface area contributed by atoms with E-state index in [4.69, 9.17) is 14.2 Å². The molecule has 1 aliphatic heterocycles. The average Bonchev–Trinajstić information content (AvgIpc) is 3.12. The predicted octanol–water partition coefficient (Wildman–Crippen LogP) is 2.71. The van der Waals surface area contributed by atoms with Gasteiger partial charge in [-0.1, -0.05) is 6.07 Å². The van der Waals surface area contributed by atoms with E-state index in [1.54, 1.807) is 31.3 Å². The van der Waals surface area contributed by atoms with Crippen molar-refractivity contribution in [1.29, 1.82) is 0 Å². The molecule has 3 amide bonds. The molecule has 0 aliphatic carbocycles. The zero-order valence-electron chi connectivity index (χ0n) is 17.4. The van der Waals surface area contributed by atoms with Crippen LogP contribution in [0.1, 0.15) is 18.9 Å². The van der Waals surface area contributed by atoms with E-state index in [0.717, 1.165) is 17.0 Å². The number of ether oxygens (including phenoxy) is 3. The lowest BCUT2D eigenvalue weighted by molar-refractivity contribution is -0.117. The molecule has 8 nitrogen and oxygen atoms in total. The fraction of sp³-hybridized carbons (Fsp3) is 0.364. The Morgan fingerprint density at radius 1 is 1.10 bits per heavy atom. The zero-order chi connectivity index (χ0) is 21.5. The highest BCUT2D eigenvalue weighted by molar-refractivity contribution is 5.96. The van der Waals surface area contributed by atoms with Gasteiger partial charge < -0.3 is 29.7 Å². The third-order valence-corrected chi connectivity index (χ3v) is 4.83. The van der Waals surface area contributed by atoms with Crippen molar-refractivity contribution >= 4 is 17.6 Å². The van der Waals surface area contributed by atoms with Crippen molar-refractivity contribution in [2.45, 2.75) is 25.9 Å². The van der Waals surface area contributed by atoms with Crippen molar-refractivity contribution in [3.8, 4) is 17.2 Å². The van der Waals surface area contributed by atoms with Crippen molar-refractivity contribution in [2.24, 2.45) is 0 Å². The Balaban J connectivity index is 1.53. The maximum absolute atomic E-state index is 12.4. The molecule has 1 saturated heterocycles. The Kier molecular flexibility index (Phi) is 7.00. The van der Waals surface area contributed by atoms with Crippen LogP contribution in [0.5, 0.6) is 17.2 Å². The number of carbonyl (C=O) groups is 2. The molecule has 1 atom stereocenters. The number of anilines is 1.